The predicted octanol–water partition coefficient (Wildman–Crippen LogP) is 3.37. The van der Waals surface area contributed by atoms with E-state index in [0.29, 0.717) is 5.75 Å². The number of para-hydroxylation sites is 1. The van der Waals surface area contributed by atoms with Crippen molar-refractivity contribution in [2.75, 3.05) is 0 Å². The van der Waals surface area contributed by atoms with Gasteiger partial charge in [0, 0.05) is 0 Å². The van der Waals surface area contributed by atoms with E-state index in [9.17, 15) is 15.3 Å². The Labute approximate surface area is 112 Å². The van der Waals surface area contributed by atoms with Gasteiger partial charge in [0.1, 0.15) is 5.75 Å². The van der Waals surface area contributed by atoms with Crippen LogP contribution in [0.1, 0.15) is 24.0 Å². The quantitative estimate of drug-likeness (QED) is 0.569. The topological polar surface area (TPSA) is 60.7 Å². The van der Waals surface area contributed by atoms with Gasteiger partial charge >= 0.3 is 0 Å². The number of phenolic OH excluding ortho intramolecular Hbond substituents is 3. The summed E-state index contributed by atoms with van der Waals surface area (Å²) in [6, 6.07) is 12.3. The molecule has 0 aromatic heterocycles. The lowest BCUT2D eigenvalue weighted by molar-refractivity contribution is 0.403. The van der Waals surface area contributed by atoms with Crippen LogP contribution < -0.4 is 0 Å². The minimum Gasteiger partial charge on any atom is -0.508 e. The van der Waals surface area contributed by atoms with Crippen LogP contribution in [0.15, 0.2) is 42.5 Å². The van der Waals surface area contributed by atoms with E-state index in [-0.39, 0.29) is 11.5 Å². The van der Waals surface area contributed by atoms with Crippen molar-refractivity contribution in [1.29, 1.82) is 0 Å². The third-order valence-corrected chi connectivity index (χ3v) is 3.19. The summed E-state index contributed by atoms with van der Waals surface area (Å²) in [5, 5.41) is 28.2. The fraction of sp³-hybridized carbons (Fsp3) is 0.250. The van der Waals surface area contributed by atoms with Gasteiger partial charge in [-0.1, -0.05) is 24.3 Å². The van der Waals surface area contributed by atoms with Gasteiger partial charge in [0.15, 0.2) is 11.5 Å². The molecule has 0 unspecified atom stereocenters. The Kier molecular flexibility index (Phi) is 4.29. The van der Waals surface area contributed by atoms with Gasteiger partial charge in [-0.15, -0.1) is 0 Å². The molecule has 0 aliphatic rings. The van der Waals surface area contributed by atoms with Crippen molar-refractivity contribution in [3.05, 3.63) is 53.6 Å². The average molecular weight is 258 g/mol. The van der Waals surface area contributed by atoms with Crippen molar-refractivity contribution in [3.8, 4) is 17.2 Å². The SMILES string of the molecule is Oc1ccc(CCCCc2ccccc2O)cc1O. The molecule has 0 saturated carbocycles. The zero-order valence-corrected chi connectivity index (χ0v) is 10.7. The number of unbranched alkanes of at least 4 members (excludes halogenated alkanes) is 1. The van der Waals surface area contributed by atoms with Crippen LogP contribution in [-0.2, 0) is 12.8 Å². The standard InChI is InChI=1S/C16H18O3/c17-14-8-4-3-7-13(14)6-2-1-5-12-9-10-15(18)16(19)11-12/h3-4,7-11,17-19H,1-2,5-6H2. The van der Waals surface area contributed by atoms with Crippen LogP contribution in [0, 0.1) is 0 Å². The molecule has 3 N–H and O–H groups in total. The van der Waals surface area contributed by atoms with Gasteiger partial charge < -0.3 is 15.3 Å². The molecule has 0 spiro atoms. The average Bonchev–Trinajstić information content (AvgIpc) is 2.40. The minimum atomic E-state index is -0.0852. The molecule has 0 fully saturated rings. The first kappa shape index (κ1) is 13.3. The highest BCUT2D eigenvalue weighted by Gasteiger charge is 2.02. The Morgan fingerprint density at radius 3 is 2.16 bits per heavy atom. The van der Waals surface area contributed by atoms with Crippen LogP contribution in [0.25, 0.3) is 0 Å². The van der Waals surface area contributed by atoms with Gasteiger partial charge in [-0.05, 0) is 55.0 Å². The molecule has 0 aliphatic carbocycles. The Morgan fingerprint density at radius 2 is 1.42 bits per heavy atom. The van der Waals surface area contributed by atoms with E-state index >= 15 is 0 Å². The Bertz CT molecular complexity index is 549. The van der Waals surface area contributed by atoms with Crippen molar-refractivity contribution < 1.29 is 15.3 Å². The summed E-state index contributed by atoms with van der Waals surface area (Å²) in [6.07, 6.45) is 3.63. The van der Waals surface area contributed by atoms with Crippen molar-refractivity contribution in [3.63, 3.8) is 0 Å². The first-order valence-electron chi connectivity index (χ1n) is 6.44. The lowest BCUT2D eigenvalue weighted by atomic mass is 10.0. The van der Waals surface area contributed by atoms with Gasteiger partial charge in [0.2, 0.25) is 0 Å². The molecule has 2 rings (SSSR count). The van der Waals surface area contributed by atoms with Crippen LogP contribution in [0.4, 0.5) is 0 Å². The van der Waals surface area contributed by atoms with Crippen molar-refractivity contribution in [1.82, 2.24) is 0 Å². The molecule has 3 heteroatoms. The fourth-order valence-corrected chi connectivity index (χ4v) is 2.09. The second kappa shape index (κ2) is 6.14. The van der Waals surface area contributed by atoms with Gasteiger partial charge in [-0.25, -0.2) is 0 Å². The molecule has 2 aromatic carbocycles. The molecule has 0 heterocycles. The molecule has 0 saturated heterocycles. The molecule has 0 atom stereocenters. The van der Waals surface area contributed by atoms with E-state index in [1.807, 2.05) is 24.3 Å². The Morgan fingerprint density at radius 1 is 0.684 bits per heavy atom. The van der Waals surface area contributed by atoms with E-state index < -0.39 is 0 Å². The largest absolute Gasteiger partial charge is 0.508 e. The smallest absolute Gasteiger partial charge is 0.157 e. The molecule has 0 aliphatic heterocycles. The maximum absolute atomic E-state index is 9.63. The number of aryl methyl sites for hydroxylation is 2. The normalized spacial score (nSPS) is 10.5. The van der Waals surface area contributed by atoms with E-state index in [1.54, 1.807) is 12.1 Å². The first-order chi connectivity index (χ1) is 9.16. The number of hydrogen-bond donors (Lipinski definition) is 3. The zero-order valence-electron chi connectivity index (χ0n) is 10.7. The second-order valence-corrected chi connectivity index (χ2v) is 4.66. The van der Waals surface area contributed by atoms with Gasteiger partial charge in [-0.2, -0.15) is 0 Å². The molecule has 0 amide bonds. The monoisotopic (exact) mass is 258 g/mol. The van der Waals surface area contributed by atoms with E-state index in [1.165, 1.54) is 6.07 Å². The van der Waals surface area contributed by atoms with Gasteiger partial charge in [0.05, 0.1) is 0 Å². The van der Waals surface area contributed by atoms with Crippen LogP contribution in [0.3, 0.4) is 0 Å². The highest BCUT2D eigenvalue weighted by Crippen LogP contribution is 2.26. The third kappa shape index (κ3) is 3.65. The molecular weight excluding hydrogens is 240 g/mol. The Hall–Kier alpha value is -2.16. The predicted molar refractivity (Wildman–Crippen MR) is 74.5 cm³/mol. The van der Waals surface area contributed by atoms with Crippen LogP contribution >= 0.6 is 0 Å². The molecule has 0 radical (unpaired) electrons. The van der Waals surface area contributed by atoms with E-state index in [2.05, 4.69) is 0 Å². The highest BCUT2D eigenvalue weighted by atomic mass is 16.3. The van der Waals surface area contributed by atoms with Crippen LogP contribution in [0.2, 0.25) is 0 Å². The Balaban J connectivity index is 1.81. The van der Waals surface area contributed by atoms with Crippen molar-refractivity contribution in [2.45, 2.75) is 25.7 Å². The number of phenols is 3. The molecule has 2 aromatic rings. The van der Waals surface area contributed by atoms with Crippen molar-refractivity contribution in [2.24, 2.45) is 0 Å². The summed E-state index contributed by atoms with van der Waals surface area (Å²) < 4.78 is 0. The molecule has 3 nitrogen and oxygen atoms in total. The van der Waals surface area contributed by atoms with Gasteiger partial charge in [-0.3, -0.25) is 0 Å². The third-order valence-electron chi connectivity index (χ3n) is 3.19. The zero-order chi connectivity index (χ0) is 13.7. The van der Waals surface area contributed by atoms with Gasteiger partial charge in [0.25, 0.3) is 0 Å². The first-order valence-corrected chi connectivity index (χ1v) is 6.44. The van der Waals surface area contributed by atoms with Crippen LogP contribution in [0.5, 0.6) is 17.2 Å². The summed E-state index contributed by atoms with van der Waals surface area (Å²) in [7, 11) is 0. The molecular formula is C16H18O3. The minimum absolute atomic E-state index is 0.0711. The lowest BCUT2D eigenvalue weighted by Gasteiger charge is -2.05. The maximum atomic E-state index is 9.63. The fourth-order valence-electron chi connectivity index (χ4n) is 2.09. The van der Waals surface area contributed by atoms with E-state index in [0.717, 1.165) is 36.8 Å². The molecule has 100 valence electrons. The summed E-state index contributed by atoms with van der Waals surface area (Å²) >= 11 is 0. The number of benzene rings is 2. The summed E-state index contributed by atoms with van der Waals surface area (Å²) in [4.78, 5) is 0. The van der Waals surface area contributed by atoms with Crippen LogP contribution in [-0.4, -0.2) is 15.3 Å². The number of aromatic hydroxyl groups is 3. The summed E-state index contributed by atoms with van der Waals surface area (Å²) in [5.74, 6) is 0.195. The number of rotatable bonds is 5. The summed E-state index contributed by atoms with van der Waals surface area (Å²) in [6.45, 7) is 0. The highest BCUT2D eigenvalue weighted by molar-refractivity contribution is 5.40. The lowest BCUT2D eigenvalue weighted by Crippen LogP contribution is -1.90. The maximum Gasteiger partial charge on any atom is 0.157 e. The van der Waals surface area contributed by atoms with Crippen molar-refractivity contribution >= 4 is 0 Å². The number of hydrogen-bond acceptors (Lipinski definition) is 3. The summed E-state index contributed by atoms with van der Waals surface area (Å²) in [5.41, 5.74) is 1.98. The molecule has 0 bridgehead atoms. The molecule has 19 heavy (non-hydrogen) atoms. The second-order valence-electron chi connectivity index (χ2n) is 4.66. The van der Waals surface area contributed by atoms with E-state index in [4.69, 9.17) is 0 Å².